The van der Waals surface area contributed by atoms with Crippen molar-refractivity contribution in [2.45, 2.75) is 19.2 Å². The Hall–Kier alpha value is -3.21. The Morgan fingerprint density at radius 3 is 2.52 bits per heavy atom. The predicted molar refractivity (Wildman–Crippen MR) is 91.2 cm³/mol. The Bertz CT molecular complexity index is 814. The molecule has 8 heteroatoms. The standard InChI is InChI=1S/C19H17F3N2O3/c1-13(27-16-7-5-14(12-23)6-8-16)18(25)24-9-10-26-17-4-2-3-15(11-17)19(20,21)22/h2-8,11,13H,9-10H2,1H3,(H,24,25). The molecule has 27 heavy (non-hydrogen) atoms. The summed E-state index contributed by atoms with van der Waals surface area (Å²) in [6, 6.07) is 12.8. The quantitative estimate of drug-likeness (QED) is 0.748. The monoisotopic (exact) mass is 378 g/mol. The van der Waals surface area contributed by atoms with E-state index in [9.17, 15) is 18.0 Å². The average molecular weight is 378 g/mol. The molecule has 0 radical (unpaired) electrons. The van der Waals surface area contributed by atoms with Crippen LogP contribution in [-0.4, -0.2) is 25.2 Å². The van der Waals surface area contributed by atoms with Crippen molar-refractivity contribution < 1.29 is 27.4 Å². The van der Waals surface area contributed by atoms with Gasteiger partial charge < -0.3 is 14.8 Å². The van der Waals surface area contributed by atoms with Gasteiger partial charge in [0.1, 0.15) is 18.1 Å². The highest BCUT2D eigenvalue weighted by Gasteiger charge is 2.30. The number of nitrogens with one attached hydrogen (secondary N) is 1. The zero-order chi connectivity index (χ0) is 19.9. The van der Waals surface area contributed by atoms with Gasteiger partial charge in [-0.25, -0.2) is 0 Å². The third-order valence-corrected chi connectivity index (χ3v) is 3.50. The Kier molecular flexibility index (Phi) is 6.66. The Labute approximate surface area is 154 Å². The Morgan fingerprint density at radius 2 is 1.89 bits per heavy atom. The Morgan fingerprint density at radius 1 is 1.19 bits per heavy atom. The third-order valence-electron chi connectivity index (χ3n) is 3.50. The molecule has 1 N–H and O–H groups in total. The van der Waals surface area contributed by atoms with E-state index in [1.54, 1.807) is 31.2 Å². The van der Waals surface area contributed by atoms with Crippen LogP contribution in [0.15, 0.2) is 48.5 Å². The minimum Gasteiger partial charge on any atom is -0.492 e. The van der Waals surface area contributed by atoms with Crippen molar-refractivity contribution in [3.63, 3.8) is 0 Å². The van der Waals surface area contributed by atoms with Gasteiger partial charge in [-0.05, 0) is 49.4 Å². The topological polar surface area (TPSA) is 71.3 Å². The van der Waals surface area contributed by atoms with Crippen molar-refractivity contribution in [3.05, 3.63) is 59.7 Å². The highest BCUT2D eigenvalue weighted by atomic mass is 19.4. The van der Waals surface area contributed by atoms with Crippen LogP contribution in [-0.2, 0) is 11.0 Å². The first-order valence-corrected chi connectivity index (χ1v) is 8.04. The van der Waals surface area contributed by atoms with Crippen LogP contribution in [0.1, 0.15) is 18.1 Å². The number of benzene rings is 2. The second-order valence-corrected chi connectivity index (χ2v) is 5.56. The number of amides is 1. The summed E-state index contributed by atoms with van der Waals surface area (Å²) in [7, 11) is 0. The lowest BCUT2D eigenvalue weighted by Gasteiger charge is -2.15. The maximum atomic E-state index is 12.6. The van der Waals surface area contributed by atoms with E-state index in [1.165, 1.54) is 12.1 Å². The molecule has 142 valence electrons. The first-order chi connectivity index (χ1) is 12.8. The molecule has 1 atom stereocenters. The number of hydrogen-bond acceptors (Lipinski definition) is 4. The van der Waals surface area contributed by atoms with E-state index in [4.69, 9.17) is 14.7 Å². The van der Waals surface area contributed by atoms with Crippen molar-refractivity contribution in [2.75, 3.05) is 13.2 Å². The molecular weight excluding hydrogens is 361 g/mol. The summed E-state index contributed by atoms with van der Waals surface area (Å²) < 4.78 is 48.6. The Balaban J connectivity index is 1.76. The summed E-state index contributed by atoms with van der Waals surface area (Å²) >= 11 is 0. The van der Waals surface area contributed by atoms with Crippen molar-refractivity contribution in [3.8, 4) is 17.6 Å². The number of ether oxygens (including phenoxy) is 2. The van der Waals surface area contributed by atoms with Crippen LogP contribution in [0.25, 0.3) is 0 Å². The zero-order valence-electron chi connectivity index (χ0n) is 14.4. The largest absolute Gasteiger partial charge is 0.492 e. The number of halogens is 3. The SMILES string of the molecule is CC(Oc1ccc(C#N)cc1)C(=O)NCCOc1cccc(C(F)(F)F)c1. The molecule has 0 aliphatic carbocycles. The number of nitriles is 1. The van der Waals surface area contributed by atoms with E-state index >= 15 is 0 Å². The van der Waals surface area contributed by atoms with Gasteiger partial charge in [-0.1, -0.05) is 6.07 Å². The molecule has 0 spiro atoms. The summed E-state index contributed by atoms with van der Waals surface area (Å²) in [6.07, 6.45) is -5.22. The van der Waals surface area contributed by atoms with E-state index in [1.807, 2.05) is 6.07 Å². The molecule has 0 fully saturated rings. The van der Waals surface area contributed by atoms with Crippen LogP contribution in [0, 0.1) is 11.3 Å². The second-order valence-electron chi connectivity index (χ2n) is 5.56. The molecule has 0 aliphatic rings. The van der Waals surface area contributed by atoms with Crippen molar-refractivity contribution in [1.29, 1.82) is 5.26 Å². The molecule has 0 heterocycles. The van der Waals surface area contributed by atoms with Crippen LogP contribution in [0.5, 0.6) is 11.5 Å². The fourth-order valence-electron chi connectivity index (χ4n) is 2.11. The zero-order valence-corrected chi connectivity index (χ0v) is 14.4. The second kappa shape index (κ2) is 8.94. The molecule has 0 saturated heterocycles. The van der Waals surface area contributed by atoms with Gasteiger partial charge >= 0.3 is 6.18 Å². The summed E-state index contributed by atoms with van der Waals surface area (Å²) in [6.45, 7) is 1.67. The van der Waals surface area contributed by atoms with Gasteiger partial charge in [0.15, 0.2) is 6.10 Å². The van der Waals surface area contributed by atoms with Gasteiger partial charge in [0.05, 0.1) is 23.7 Å². The van der Waals surface area contributed by atoms with Crippen molar-refractivity contribution >= 4 is 5.91 Å². The van der Waals surface area contributed by atoms with E-state index in [2.05, 4.69) is 5.32 Å². The van der Waals surface area contributed by atoms with Crippen LogP contribution < -0.4 is 14.8 Å². The number of carbonyl (C=O) groups excluding carboxylic acids is 1. The van der Waals surface area contributed by atoms with Crippen LogP contribution in [0.4, 0.5) is 13.2 Å². The maximum Gasteiger partial charge on any atom is 0.416 e. The van der Waals surface area contributed by atoms with Crippen molar-refractivity contribution in [1.82, 2.24) is 5.32 Å². The molecule has 5 nitrogen and oxygen atoms in total. The molecule has 2 aromatic rings. The van der Waals surface area contributed by atoms with Crippen molar-refractivity contribution in [2.24, 2.45) is 0 Å². The molecule has 0 aliphatic heterocycles. The number of alkyl halides is 3. The smallest absolute Gasteiger partial charge is 0.416 e. The maximum absolute atomic E-state index is 12.6. The molecule has 0 saturated carbocycles. The molecule has 0 aromatic heterocycles. The van der Waals surface area contributed by atoms with Gasteiger partial charge in [0, 0.05) is 0 Å². The minimum atomic E-state index is -4.44. The van der Waals surface area contributed by atoms with Crippen LogP contribution >= 0.6 is 0 Å². The molecular formula is C19H17F3N2O3. The highest BCUT2D eigenvalue weighted by Crippen LogP contribution is 2.31. The minimum absolute atomic E-state index is 0.0106. The number of rotatable bonds is 7. The van der Waals surface area contributed by atoms with Gasteiger partial charge in [-0.2, -0.15) is 18.4 Å². The van der Waals surface area contributed by atoms with Gasteiger partial charge in [-0.15, -0.1) is 0 Å². The molecule has 0 bridgehead atoms. The van der Waals surface area contributed by atoms with Gasteiger partial charge in [0.25, 0.3) is 5.91 Å². The summed E-state index contributed by atoms with van der Waals surface area (Å²) in [5.41, 5.74) is -0.320. The summed E-state index contributed by atoms with van der Waals surface area (Å²) in [5.74, 6) is 0.116. The first-order valence-electron chi connectivity index (χ1n) is 8.04. The van der Waals surface area contributed by atoms with Gasteiger partial charge in [-0.3, -0.25) is 4.79 Å². The molecule has 2 aromatic carbocycles. The summed E-state index contributed by atoms with van der Waals surface area (Å²) in [4.78, 5) is 12.0. The lowest BCUT2D eigenvalue weighted by atomic mass is 10.2. The fourth-order valence-corrected chi connectivity index (χ4v) is 2.11. The number of nitrogens with zero attached hydrogens (tertiary/aromatic N) is 1. The van der Waals surface area contributed by atoms with Crippen LogP contribution in [0.2, 0.25) is 0 Å². The summed E-state index contributed by atoms with van der Waals surface area (Å²) in [5, 5.41) is 11.3. The highest BCUT2D eigenvalue weighted by molar-refractivity contribution is 5.80. The molecule has 1 amide bonds. The lowest BCUT2D eigenvalue weighted by Crippen LogP contribution is -2.38. The number of hydrogen-bond donors (Lipinski definition) is 1. The van der Waals surface area contributed by atoms with E-state index in [0.717, 1.165) is 12.1 Å². The predicted octanol–water partition coefficient (Wildman–Crippen LogP) is 3.54. The lowest BCUT2D eigenvalue weighted by molar-refractivity contribution is -0.137. The van der Waals surface area contributed by atoms with E-state index in [-0.39, 0.29) is 18.9 Å². The molecule has 2 rings (SSSR count). The molecule has 1 unspecified atom stereocenters. The third kappa shape index (κ3) is 6.22. The first kappa shape index (κ1) is 20.1. The van der Waals surface area contributed by atoms with E-state index in [0.29, 0.717) is 11.3 Å². The van der Waals surface area contributed by atoms with E-state index < -0.39 is 23.8 Å². The van der Waals surface area contributed by atoms with Crippen LogP contribution in [0.3, 0.4) is 0 Å². The number of carbonyl (C=O) groups is 1. The fraction of sp³-hybridized carbons (Fsp3) is 0.263. The average Bonchev–Trinajstić information content (AvgIpc) is 2.65. The van der Waals surface area contributed by atoms with Gasteiger partial charge in [0.2, 0.25) is 0 Å². The normalized spacial score (nSPS) is 12.0.